The molecule has 150 valence electrons. The second-order valence-electron chi connectivity index (χ2n) is 8.07. The van der Waals surface area contributed by atoms with Crippen LogP contribution in [0.5, 0.6) is 5.75 Å². The second-order valence-corrected chi connectivity index (χ2v) is 9.18. The topological polar surface area (TPSA) is 45.0 Å². The fraction of sp³-hybridized carbons (Fsp3) is 0.455. The van der Waals surface area contributed by atoms with E-state index in [1.165, 1.54) is 17.1 Å². The first-order valence-electron chi connectivity index (χ1n) is 9.88. The lowest BCUT2D eigenvalue weighted by Gasteiger charge is -2.38. The molecule has 0 bridgehead atoms. The van der Waals surface area contributed by atoms with Gasteiger partial charge in [-0.1, -0.05) is 0 Å². The van der Waals surface area contributed by atoms with Crippen LogP contribution in [0.1, 0.15) is 13.8 Å². The van der Waals surface area contributed by atoms with Gasteiger partial charge in [0.1, 0.15) is 11.2 Å². The number of benzene rings is 2. The van der Waals surface area contributed by atoms with Gasteiger partial charge in [0, 0.05) is 54.5 Å². The van der Waals surface area contributed by atoms with Gasteiger partial charge in [-0.3, -0.25) is 0 Å². The molecule has 2 aromatic rings. The van der Waals surface area contributed by atoms with Crippen LogP contribution in [-0.2, 0) is 0 Å². The Bertz CT molecular complexity index is 785. The second kappa shape index (κ2) is 7.76. The van der Waals surface area contributed by atoms with E-state index in [1.54, 1.807) is 7.11 Å². The zero-order valence-corrected chi connectivity index (χ0v) is 17.8. The molecular formula is C22H30N4OS. The molecule has 2 N–H and O–H groups in total. The van der Waals surface area contributed by atoms with Crippen molar-refractivity contribution in [3.05, 3.63) is 48.5 Å². The molecule has 0 radical (unpaired) electrons. The van der Waals surface area contributed by atoms with Gasteiger partial charge < -0.3 is 25.2 Å². The van der Waals surface area contributed by atoms with Crippen LogP contribution in [-0.4, -0.2) is 50.1 Å². The Balaban J connectivity index is 1.39. The third kappa shape index (κ3) is 3.76. The van der Waals surface area contributed by atoms with Crippen molar-refractivity contribution in [1.29, 1.82) is 0 Å². The average molecular weight is 399 g/mol. The van der Waals surface area contributed by atoms with Crippen molar-refractivity contribution in [2.75, 3.05) is 53.7 Å². The van der Waals surface area contributed by atoms with Crippen molar-refractivity contribution in [1.82, 2.24) is 0 Å². The summed E-state index contributed by atoms with van der Waals surface area (Å²) in [4.78, 5) is 7.24. The van der Waals surface area contributed by atoms with Crippen LogP contribution in [0.4, 0.5) is 17.1 Å². The van der Waals surface area contributed by atoms with Crippen LogP contribution < -0.4 is 25.2 Å². The number of thioether (sulfide) groups is 1. The summed E-state index contributed by atoms with van der Waals surface area (Å²) in [5, 5.41) is 0. The van der Waals surface area contributed by atoms with Crippen molar-refractivity contribution in [2.45, 2.75) is 24.9 Å². The van der Waals surface area contributed by atoms with Crippen molar-refractivity contribution in [2.24, 2.45) is 5.73 Å². The SMILES string of the molecule is COc1ccc(N2CCN(c3ccc(N4C(N)SCC4(C)C)cc3)CC2)cc1. The van der Waals surface area contributed by atoms with E-state index >= 15 is 0 Å². The van der Waals surface area contributed by atoms with Gasteiger partial charge in [0.2, 0.25) is 0 Å². The van der Waals surface area contributed by atoms with E-state index in [-0.39, 0.29) is 11.0 Å². The largest absolute Gasteiger partial charge is 0.497 e. The minimum absolute atomic E-state index is 0.0360. The number of ether oxygens (including phenoxy) is 1. The molecule has 1 atom stereocenters. The number of nitrogens with zero attached hydrogens (tertiary/aromatic N) is 3. The lowest BCUT2D eigenvalue weighted by atomic mass is 10.1. The third-order valence-electron chi connectivity index (χ3n) is 5.72. The van der Waals surface area contributed by atoms with Gasteiger partial charge in [-0.05, 0) is 62.4 Å². The molecule has 1 unspecified atom stereocenters. The van der Waals surface area contributed by atoms with Gasteiger partial charge in [0.05, 0.1) is 7.11 Å². The van der Waals surface area contributed by atoms with Crippen LogP contribution >= 0.6 is 11.8 Å². The molecule has 5 nitrogen and oxygen atoms in total. The van der Waals surface area contributed by atoms with E-state index in [9.17, 15) is 0 Å². The molecule has 4 rings (SSSR count). The predicted octanol–water partition coefficient (Wildman–Crippen LogP) is 3.60. The highest BCUT2D eigenvalue weighted by Gasteiger charge is 2.38. The number of piperazine rings is 1. The van der Waals surface area contributed by atoms with E-state index in [4.69, 9.17) is 10.5 Å². The average Bonchev–Trinajstić information content (AvgIpc) is 3.01. The van der Waals surface area contributed by atoms with Gasteiger partial charge in [-0.2, -0.15) is 0 Å². The Labute approximate surface area is 172 Å². The minimum Gasteiger partial charge on any atom is -0.497 e. The normalized spacial score (nSPS) is 21.9. The van der Waals surface area contributed by atoms with Gasteiger partial charge >= 0.3 is 0 Å². The maximum atomic E-state index is 6.32. The first-order chi connectivity index (χ1) is 13.5. The molecule has 2 aliphatic rings. The molecule has 6 heteroatoms. The quantitative estimate of drug-likeness (QED) is 0.849. The molecule has 2 saturated heterocycles. The number of nitrogens with two attached hydrogens (primary N) is 1. The minimum atomic E-state index is 0.0360. The highest BCUT2D eigenvalue weighted by molar-refractivity contribution is 8.00. The van der Waals surface area contributed by atoms with Crippen molar-refractivity contribution < 1.29 is 4.74 Å². The van der Waals surface area contributed by atoms with Gasteiger partial charge in [-0.25, -0.2) is 0 Å². The lowest BCUT2D eigenvalue weighted by Crippen LogP contribution is -2.47. The van der Waals surface area contributed by atoms with E-state index < -0.39 is 0 Å². The highest BCUT2D eigenvalue weighted by atomic mass is 32.2. The van der Waals surface area contributed by atoms with E-state index in [0.717, 1.165) is 37.7 Å². The molecule has 0 aromatic heterocycles. The summed E-state index contributed by atoms with van der Waals surface area (Å²) < 4.78 is 5.26. The molecule has 0 aliphatic carbocycles. The van der Waals surface area contributed by atoms with Gasteiger partial charge in [0.25, 0.3) is 0 Å². The van der Waals surface area contributed by atoms with Gasteiger partial charge in [-0.15, -0.1) is 11.8 Å². The summed E-state index contributed by atoms with van der Waals surface area (Å²) in [5.41, 5.74) is 10.2. The maximum Gasteiger partial charge on any atom is 0.126 e. The summed E-state index contributed by atoms with van der Waals surface area (Å²) in [5.74, 6) is 1.96. The van der Waals surface area contributed by atoms with Crippen molar-refractivity contribution in [3.8, 4) is 5.75 Å². The molecule has 2 fully saturated rings. The number of rotatable bonds is 4. The Morgan fingerprint density at radius 2 is 1.32 bits per heavy atom. The predicted molar refractivity (Wildman–Crippen MR) is 121 cm³/mol. The van der Waals surface area contributed by atoms with Crippen LogP contribution in [0, 0.1) is 0 Å². The first kappa shape index (κ1) is 19.3. The number of anilines is 3. The van der Waals surface area contributed by atoms with Crippen LogP contribution in [0.25, 0.3) is 0 Å². The molecule has 28 heavy (non-hydrogen) atoms. The number of methoxy groups -OCH3 is 1. The van der Waals surface area contributed by atoms with E-state index in [0.29, 0.717) is 0 Å². The Hall–Kier alpha value is -2.05. The third-order valence-corrected chi connectivity index (χ3v) is 7.15. The standard InChI is InChI=1S/C22H30N4OS/c1-22(2)16-28-21(23)26(22)19-6-4-17(5-7-19)24-12-14-25(15-13-24)18-8-10-20(27-3)11-9-18/h4-11,21H,12-16,23H2,1-3H3. The summed E-state index contributed by atoms with van der Waals surface area (Å²) >= 11 is 1.82. The molecule has 2 aromatic carbocycles. The van der Waals surface area contributed by atoms with Crippen LogP contribution in [0.3, 0.4) is 0 Å². The lowest BCUT2D eigenvalue weighted by molar-refractivity contribution is 0.415. The zero-order chi connectivity index (χ0) is 19.7. The number of hydrogen-bond donors (Lipinski definition) is 1. The molecule has 2 heterocycles. The molecule has 2 aliphatic heterocycles. The van der Waals surface area contributed by atoms with E-state index in [1.807, 2.05) is 23.9 Å². The maximum absolute atomic E-state index is 6.32. The molecule has 0 spiro atoms. The van der Waals surface area contributed by atoms with Crippen LogP contribution in [0.15, 0.2) is 48.5 Å². The molecular weight excluding hydrogens is 368 g/mol. The highest BCUT2D eigenvalue weighted by Crippen LogP contribution is 2.38. The summed E-state index contributed by atoms with van der Waals surface area (Å²) in [6, 6.07) is 17.3. The summed E-state index contributed by atoms with van der Waals surface area (Å²) in [6.45, 7) is 8.62. The molecule has 0 saturated carbocycles. The Kier molecular flexibility index (Phi) is 5.34. The molecule has 0 amide bonds. The summed E-state index contributed by atoms with van der Waals surface area (Å²) in [6.07, 6.45) is 0. The fourth-order valence-electron chi connectivity index (χ4n) is 4.11. The fourth-order valence-corrected chi connectivity index (χ4v) is 5.39. The smallest absolute Gasteiger partial charge is 0.126 e. The van der Waals surface area contributed by atoms with Crippen LogP contribution in [0.2, 0.25) is 0 Å². The van der Waals surface area contributed by atoms with Gasteiger partial charge in [0.15, 0.2) is 0 Å². The van der Waals surface area contributed by atoms with E-state index in [2.05, 4.69) is 64.9 Å². The Morgan fingerprint density at radius 1 is 0.857 bits per heavy atom. The van der Waals surface area contributed by atoms with Crippen molar-refractivity contribution in [3.63, 3.8) is 0 Å². The zero-order valence-electron chi connectivity index (χ0n) is 17.0. The first-order valence-corrected chi connectivity index (χ1v) is 10.9. The number of hydrogen-bond acceptors (Lipinski definition) is 6. The monoisotopic (exact) mass is 398 g/mol. The summed E-state index contributed by atoms with van der Waals surface area (Å²) in [7, 11) is 1.70. The Morgan fingerprint density at radius 3 is 1.75 bits per heavy atom. The van der Waals surface area contributed by atoms with Crippen molar-refractivity contribution >= 4 is 28.8 Å².